The first-order chi connectivity index (χ1) is 17.5. The summed E-state index contributed by atoms with van der Waals surface area (Å²) in [5.41, 5.74) is 7.13. The number of carboxylic acids is 2. The van der Waals surface area contributed by atoms with Gasteiger partial charge in [0.05, 0.1) is 11.8 Å². The van der Waals surface area contributed by atoms with Gasteiger partial charge in [0.25, 0.3) is 0 Å². The standard InChI is InChI=1S/C28H34N2O7/c1-4-28(3,5-2)16-6-10-18(11-7-16)37-19-12-8-17(9-13-19)30-26(34)24-20(15-23(31)32)21(25(29)33)14-22(24)27(35)36/h6-13,20-22,24H,4-5,14-15H2,1-3H3,(H2,29,33)(H,30,34)(H,31,32)(H,35,36). The van der Waals surface area contributed by atoms with Crippen molar-refractivity contribution < 1.29 is 34.1 Å². The van der Waals surface area contributed by atoms with Crippen LogP contribution in [-0.2, 0) is 24.6 Å². The van der Waals surface area contributed by atoms with Gasteiger partial charge >= 0.3 is 11.9 Å². The quantitative estimate of drug-likeness (QED) is 0.349. The van der Waals surface area contributed by atoms with Crippen LogP contribution in [0.15, 0.2) is 48.5 Å². The summed E-state index contributed by atoms with van der Waals surface area (Å²) in [5.74, 6) is -7.21. The molecule has 1 saturated carbocycles. The fourth-order valence-corrected chi connectivity index (χ4v) is 5.12. The van der Waals surface area contributed by atoms with E-state index >= 15 is 0 Å². The Morgan fingerprint density at radius 2 is 1.49 bits per heavy atom. The number of nitrogens with one attached hydrogen (secondary N) is 1. The maximum Gasteiger partial charge on any atom is 0.307 e. The molecule has 1 fully saturated rings. The van der Waals surface area contributed by atoms with Crippen molar-refractivity contribution in [2.24, 2.45) is 29.4 Å². The number of carbonyl (C=O) groups excluding carboxylic acids is 2. The van der Waals surface area contributed by atoms with Crippen molar-refractivity contribution >= 4 is 29.4 Å². The maximum atomic E-state index is 13.1. The predicted octanol–water partition coefficient (Wildman–Crippen LogP) is 4.41. The lowest BCUT2D eigenvalue weighted by Gasteiger charge is -2.27. The van der Waals surface area contributed by atoms with Crippen LogP contribution in [0.4, 0.5) is 5.69 Å². The van der Waals surface area contributed by atoms with Crippen LogP contribution in [0.5, 0.6) is 11.5 Å². The zero-order valence-electron chi connectivity index (χ0n) is 21.3. The number of hydrogen-bond donors (Lipinski definition) is 4. The zero-order valence-corrected chi connectivity index (χ0v) is 21.3. The number of carbonyl (C=O) groups is 4. The van der Waals surface area contributed by atoms with Crippen LogP contribution in [0.1, 0.15) is 52.0 Å². The Bertz CT molecular complexity index is 1140. The summed E-state index contributed by atoms with van der Waals surface area (Å²) in [7, 11) is 0. The second kappa shape index (κ2) is 11.5. The number of rotatable bonds is 11. The topological polar surface area (TPSA) is 156 Å². The average Bonchev–Trinajstić information content (AvgIpc) is 3.24. The van der Waals surface area contributed by atoms with Gasteiger partial charge in [-0.05, 0) is 72.6 Å². The summed E-state index contributed by atoms with van der Waals surface area (Å²) < 4.78 is 5.92. The van der Waals surface area contributed by atoms with Gasteiger partial charge in [0.2, 0.25) is 11.8 Å². The molecule has 3 rings (SSSR count). The lowest BCUT2D eigenvalue weighted by Crippen LogP contribution is -2.37. The Kier molecular flexibility index (Phi) is 8.57. The van der Waals surface area contributed by atoms with E-state index in [2.05, 4.69) is 38.2 Å². The molecule has 198 valence electrons. The molecule has 2 amide bonds. The Hall–Kier alpha value is -3.88. The zero-order chi connectivity index (χ0) is 27.3. The third-order valence-corrected chi connectivity index (χ3v) is 7.78. The summed E-state index contributed by atoms with van der Waals surface area (Å²) in [6.45, 7) is 6.58. The first-order valence-electron chi connectivity index (χ1n) is 12.4. The molecular formula is C28H34N2O7. The van der Waals surface area contributed by atoms with Gasteiger partial charge in [0, 0.05) is 18.0 Å². The molecule has 0 spiro atoms. The monoisotopic (exact) mass is 510 g/mol. The van der Waals surface area contributed by atoms with E-state index in [1.165, 1.54) is 5.56 Å². The van der Waals surface area contributed by atoms with Gasteiger partial charge in [-0.1, -0.05) is 32.9 Å². The van der Waals surface area contributed by atoms with Crippen molar-refractivity contribution in [3.63, 3.8) is 0 Å². The molecule has 1 aliphatic rings. The Balaban J connectivity index is 1.72. The first-order valence-corrected chi connectivity index (χ1v) is 12.4. The van der Waals surface area contributed by atoms with Crippen LogP contribution >= 0.6 is 0 Å². The van der Waals surface area contributed by atoms with Gasteiger partial charge in [-0.3, -0.25) is 19.2 Å². The van der Waals surface area contributed by atoms with E-state index in [0.29, 0.717) is 17.2 Å². The predicted molar refractivity (Wildman–Crippen MR) is 137 cm³/mol. The highest BCUT2D eigenvalue weighted by atomic mass is 16.5. The number of benzene rings is 2. The molecule has 1 aliphatic carbocycles. The fraction of sp³-hybridized carbons (Fsp3) is 0.429. The fourth-order valence-electron chi connectivity index (χ4n) is 5.12. The summed E-state index contributed by atoms with van der Waals surface area (Å²) in [6, 6.07) is 14.5. The van der Waals surface area contributed by atoms with Crippen molar-refractivity contribution in [3.05, 3.63) is 54.1 Å². The molecule has 0 heterocycles. The lowest BCUT2D eigenvalue weighted by molar-refractivity contribution is -0.147. The number of aliphatic carboxylic acids is 2. The van der Waals surface area contributed by atoms with E-state index in [0.717, 1.165) is 12.8 Å². The highest BCUT2D eigenvalue weighted by Crippen LogP contribution is 2.44. The Morgan fingerprint density at radius 1 is 0.946 bits per heavy atom. The van der Waals surface area contributed by atoms with E-state index in [9.17, 15) is 29.4 Å². The number of carboxylic acid groups (broad SMARTS) is 2. The van der Waals surface area contributed by atoms with Gasteiger partial charge in [-0.15, -0.1) is 0 Å². The largest absolute Gasteiger partial charge is 0.481 e. The minimum absolute atomic E-state index is 0.109. The van der Waals surface area contributed by atoms with Crippen LogP contribution < -0.4 is 15.8 Å². The van der Waals surface area contributed by atoms with E-state index in [-0.39, 0.29) is 11.8 Å². The van der Waals surface area contributed by atoms with Crippen molar-refractivity contribution in [1.82, 2.24) is 0 Å². The van der Waals surface area contributed by atoms with Crippen LogP contribution in [0.3, 0.4) is 0 Å². The van der Waals surface area contributed by atoms with Crippen molar-refractivity contribution in [2.45, 2.75) is 51.9 Å². The molecule has 0 aromatic heterocycles. The molecule has 2 aromatic carbocycles. The van der Waals surface area contributed by atoms with Crippen LogP contribution in [0.25, 0.3) is 0 Å². The molecular weight excluding hydrogens is 476 g/mol. The summed E-state index contributed by atoms with van der Waals surface area (Å²) in [5, 5.41) is 21.6. The third-order valence-electron chi connectivity index (χ3n) is 7.78. The smallest absolute Gasteiger partial charge is 0.307 e. The highest BCUT2D eigenvalue weighted by Gasteiger charge is 2.52. The first kappa shape index (κ1) is 27.7. The normalized spacial score (nSPS) is 21.3. The van der Waals surface area contributed by atoms with E-state index in [1.54, 1.807) is 24.3 Å². The molecule has 4 atom stereocenters. The summed E-state index contributed by atoms with van der Waals surface area (Å²) >= 11 is 0. The van der Waals surface area contributed by atoms with Crippen LogP contribution in [0.2, 0.25) is 0 Å². The van der Waals surface area contributed by atoms with Gasteiger partial charge < -0.3 is 26.0 Å². The molecule has 0 saturated heterocycles. The Morgan fingerprint density at radius 3 is 1.95 bits per heavy atom. The summed E-state index contributed by atoms with van der Waals surface area (Å²) in [6.07, 6.45) is 1.36. The number of anilines is 1. The van der Waals surface area contributed by atoms with Gasteiger partial charge in [0.1, 0.15) is 11.5 Å². The molecule has 0 bridgehead atoms. The molecule has 0 aliphatic heterocycles. The number of amides is 2. The van der Waals surface area contributed by atoms with E-state index < -0.39 is 53.8 Å². The molecule has 37 heavy (non-hydrogen) atoms. The lowest BCUT2D eigenvalue weighted by atomic mass is 9.78. The van der Waals surface area contributed by atoms with Crippen LogP contribution in [-0.4, -0.2) is 34.0 Å². The number of hydrogen-bond acceptors (Lipinski definition) is 5. The molecule has 9 heteroatoms. The van der Waals surface area contributed by atoms with E-state index in [4.69, 9.17) is 10.5 Å². The Labute approximate surface area is 216 Å². The van der Waals surface area contributed by atoms with Crippen LogP contribution in [0, 0.1) is 23.7 Å². The minimum Gasteiger partial charge on any atom is -0.481 e. The number of primary amides is 1. The molecule has 2 aromatic rings. The number of nitrogens with two attached hydrogens (primary N) is 1. The number of ether oxygens (including phenoxy) is 1. The van der Waals surface area contributed by atoms with Gasteiger partial charge in [-0.2, -0.15) is 0 Å². The SMILES string of the molecule is CCC(C)(CC)c1ccc(Oc2ccc(NC(=O)C3C(C(=O)O)CC(C(N)=O)C3CC(=O)O)cc2)cc1. The van der Waals surface area contributed by atoms with Crippen molar-refractivity contribution in [2.75, 3.05) is 5.32 Å². The van der Waals surface area contributed by atoms with E-state index in [1.807, 2.05) is 12.1 Å². The molecule has 0 radical (unpaired) electrons. The molecule has 4 unspecified atom stereocenters. The minimum atomic E-state index is -1.27. The third kappa shape index (κ3) is 6.28. The molecule has 5 N–H and O–H groups in total. The van der Waals surface area contributed by atoms with Crippen molar-refractivity contribution in [1.29, 1.82) is 0 Å². The highest BCUT2D eigenvalue weighted by molar-refractivity contribution is 5.97. The van der Waals surface area contributed by atoms with Gasteiger partial charge in [-0.25, -0.2) is 0 Å². The summed E-state index contributed by atoms with van der Waals surface area (Å²) in [4.78, 5) is 48.1. The second-order valence-corrected chi connectivity index (χ2v) is 9.88. The maximum absolute atomic E-state index is 13.1. The molecule has 9 nitrogen and oxygen atoms in total. The average molecular weight is 511 g/mol. The second-order valence-electron chi connectivity index (χ2n) is 9.88. The van der Waals surface area contributed by atoms with Crippen molar-refractivity contribution in [3.8, 4) is 11.5 Å². The van der Waals surface area contributed by atoms with Gasteiger partial charge in [0.15, 0.2) is 0 Å².